The fraction of sp³-hybridized carbons (Fsp3) is 0.118. The van der Waals surface area contributed by atoms with Crippen LogP contribution in [0, 0.1) is 0 Å². The van der Waals surface area contributed by atoms with Crippen LogP contribution in [0.15, 0.2) is 54.6 Å². The van der Waals surface area contributed by atoms with E-state index in [0.717, 1.165) is 18.1 Å². The molecule has 2 aromatic carbocycles. The summed E-state index contributed by atoms with van der Waals surface area (Å²) in [5.41, 5.74) is 8.33. The molecule has 4 heteroatoms. The van der Waals surface area contributed by atoms with Gasteiger partial charge in [0.25, 0.3) is 0 Å². The molecule has 0 aliphatic rings. The molecule has 0 atom stereocenters. The second-order valence-corrected chi connectivity index (χ2v) is 4.55. The molecule has 0 unspecified atom stereocenters. The minimum Gasteiger partial charge on any atom is -0.491 e. The van der Waals surface area contributed by atoms with Gasteiger partial charge >= 0.3 is 5.97 Å². The SMILES string of the molecule is Nc1cc(/C=C\C(=O)O)ccc1OCCc1ccccc1. The van der Waals surface area contributed by atoms with E-state index in [-0.39, 0.29) is 0 Å². The number of nitrogens with two attached hydrogens (primary N) is 1. The summed E-state index contributed by atoms with van der Waals surface area (Å²) in [5.74, 6) is -0.379. The maximum atomic E-state index is 10.5. The van der Waals surface area contributed by atoms with E-state index in [9.17, 15) is 4.79 Å². The molecule has 0 aliphatic carbocycles. The number of rotatable bonds is 6. The minimum absolute atomic E-state index is 0.496. The summed E-state index contributed by atoms with van der Waals surface area (Å²) in [6.45, 7) is 0.540. The molecule has 4 nitrogen and oxygen atoms in total. The zero-order valence-electron chi connectivity index (χ0n) is 11.5. The van der Waals surface area contributed by atoms with Gasteiger partial charge in [-0.25, -0.2) is 4.79 Å². The molecular formula is C17H17NO3. The highest BCUT2D eigenvalue weighted by Gasteiger charge is 2.01. The van der Waals surface area contributed by atoms with E-state index < -0.39 is 5.97 Å². The summed E-state index contributed by atoms with van der Waals surface area (Å²) >= 11 is 0. The molecular weight excluding hydrogens is 266 g/mol. The van der Waals surface area contributed by atoms with E-state index in [2.05, 4.69) is 0 Å². The second kappa shape index (κ2) is 7.14. The van der Waals surface area contributed by atoms with Crippen LogP contribution in [0.4, 0.5) is 5.69 Å². The number of carbonyl (C=O) groups is 1. The number of anilines is 1. The topological polar surface area (TPSA) is 72.6 Å². The average Bonchev–Trinajstić information content (AvgIpc) is 2.48. The monoisotopic (exact) mass is 283 g/mol. The molecule has 2 rings (SSSR count). The molecule has 0 saturated heterocycles. The van der Waals surface area contributed by atoms with Crippen molar-refractivity contribution in [3.05, 3.63) is 65.7 Å². The van der Waals surface area contributed by atoms with E-state index in [1.54, 1.807) is 18.2 Å². The van der Waals surface area contributed by atoms with Gasteiger partial charge in [0.05, 0.1) is 12.3 Å². The maximum absolute atomic E-state index is 10.5. The normalized spacial score (nSPS) is 10.7. The van der Waals surface area contributed by atoms with Gasteiger partial charge in [-0.05, 0) is 29.3 Å². The molecule has 0 heterocycles. The number of carboxylic acid groups (broad SMARTS) is 1. The number of ether oxygens (including phenoxy) is 1. The second-order valence-electron chi connectivity index (χ2n) is 4.55. The lowest BCUT2D eigenvalue weighted by Crippen LogP contribution is -2.03. The van der Waals surface area contributed by atoms with Crippen LogP contribution in [0.25, 0.3) is 6.08 Å². The Labute approximate surface area is 123 Å². The number of benzene rings is 2. The fourth-order valence-electron chi connectivity index (χ4n) is 1.89. The van der Waals surface area contributed by atoms with E-state index >= 15 is 0 Å². The predicted octanol–water partition coefficient (Wildman–Crippen LogP) is 2.99. The smallest absolute Gasteiger partial charge is 0.328 e. The quantitative estimate of drug-likeness (QED) is 0.631. The average molecular weight is 283 g/mol. The molecule has 108 valence electrons. The fourth-order valence-corrected chi connectivity index (χ4v) is 1.89. The summed E-state index contributed by atoms with van der Waals surface area (Å²) in [7, 11) is 0. The zero-order chi connectivity index (χ0) is 15.1. The lowest BCUT2D eigenvalue weighted by molar-refractivity contribution is -0.131. The Balaban J connectivity index is 1.93. The molecule has 0 amide bonds. The van der Waals surface area contributed by atoms with Crippen molar-refractivity contribution in [2.75, 3.05) is 12.3 Å². The molecule has 0 radical (unpaired) electrons. The zero-order valence-corrected chi connectivity index (χ0v) is 11.5. The molecule has 0 bridgehead atoms. The van der Waals surface area contributed by atoms with Crippen LogP contribution in [-0.4, -0.2) is 17.7 Å². The molecule has 3 N–H and O–H groups in total. The summed E-state index contributed by atoms with van der Waals surface area (Å²) in [5, 5.41) is 8.58. The Morgan fingerprint density at radius 2 is 1.95 bits per heavy atom. The first kappa shape index (κ1) is 14.7. The number of aliphatic carboxylic acids is 1. The van der Waals surface area contributed by atoms with Crippen LogP contribution in [-0.2, 0) is 11.2 Å². The molecule has 0 spiro atoms. The maximum Gasteiger partial charge on any atom is 0.328 e. The first-order valence-electron chi connectivity index (χ1n) is 6.62. The van der Waals surface area contributed by atoms with Crippen molar-refractivity contribution in [1.82, 2.24) is 0 Å². The van der Waals surface area contributed by atoms with E-state index in [4.69, 9.17) is 15.6 Å². The molecule has 0 aliphatic heterocycles. The third-order valence-corrected chi connectivity index (χ3v) is 2.94. The lowest BCUT2D eigenvalue weighted by Gasteiger charge is -2.09. The van der Waals surface area contributed by atoms with E-state index in [1.807, 2.05) is 30.3 Å². The molecule has 0 aromatic heterocycles. The first-order valence-corrected chi connectivity index (χ1v) is 6.62. The standard InChI is InChI=1S/C17H17NO3/c18-15-12-14(7-9-17(19)20)6-8-16(15)21-11-10-13-4-2-1-3-5-13/h1-9,12H,10-11,18H2,(H,19,20)/b9-7-. The van der Waals surface area contributed by atoms with Gasteiger partial charge in [-0.15, -0.1) is 0 Å². The Bertz CT molecular complexity index is 636. The van der Waals surface area contributed by atoms with Gasteiger partial charge in [0.2, 0.25) is 0 Å². The largest absolute Gasteiger partial charge is 0.491 e. The number of hydrogen-bond acceptors (Lipinski definition) is 3. The summed E-state index contributed by atoms with van der Waals surface area (Å²) in [4.78, 5) is 10.5. The highest BCUT2D eigenvalue weighted by Crippen LogP contribution is 2.23. The van der Waals surface area contributed by atoms with Gasteiger partial charge in [-0.1, -0.05) is 36.4 Å². The van der Waals surface area contributed by atoms with Gasteiger partial charge < -0.3 is 15.6 Å². The summed E-state index contributed by atoms with van der Waals surface area (Å²) in [6, 6.07) is 15.3. The van der Waals surface area contributed by atoms with Crippen LogP contribution in [0.1, 0.15) is 11.1 Å². The van der Waals surface area contributed by atoms with Gasteiger partial charge in [-0.2, -0.15) is 0 Å². The minimum atomic E-state index is -0.989. The number of carboxylic acids is 1. The van der Waals surface area contributed by atoms with Crippen molar-refractivity contribution in [3.8, 4) is 5.75 Å². The highest BCUT2D eigenvalue weighted by molar-refractivity contribution is 5.85. The lowest BCUT2D eigenvalue weighted by atomic mass is 10.1. The Hall–Kier alpha value is -2.75. The molecule has 0 saturated carbocycles. The highest BCUT2D eigenvalue weighted by atomic mass is 16.5. The van der Waals surface area contributed by atoms with Crippen LogP contribution in [0.3, 0.4) is 0 Å². The summed E-state index contributed by atoms with van der Waals surface area (Å²) < 4.78 is 5.66. The Morgan fingerprint density at radius 1 is 1.19 bits per heavy atom. The van der Waals surface area contributed by atoms with Gasteiger partial charge in [-0.3, -0.25) is 0 Å². The van der Waals surface area contributed by atoms with Crippen molar-refractivity contribution in [1.29, 1.82) is 0 Å². The van der Waals surface area contributed by atoms with Crippen molar-refractivity contribution in [3.63, 3.8) is 0 Å². The van der Waals surface area contributed by atoms with Crippen molar-refractivity contribution < 1.29 is 14.6 Å². The first-order chi connectivity index (χ1) is 10.1. The van der Waals surface area contributed by atoms with Gasteiger partial charge in [0, 0.05) is 12.5 Å². The van der Waals surface area contributed by atoms with Crippen molar-refractivity contribution >= 4 is 17.7 Å². The Morgan fingerprint density at radius 3 is 2.62 bits per heavy atom. The molecule has 2 aromatic rings. The third-order valence-electron chi connectivity index (χ3n) is 2.94. The summed E-state index contributed by atoms with van der Waals surface area (Å²) in [6.07, 6.45) is 3.37. The van der Waals surface area contributed by atoms with Crippen molar-refractivity contribution in [2.24, 2.45) is 0 Å². The van der Waals surface area contributed by atoms with Crippen molar-refractivity contribution in [2.45, 2.75) is 6.42 Å². The third kappa shape index (κ3) is 4.69. The van der Waals surface area contributed by atoms with Crippen LogP contribution < -0.4 is 10.5 Å². The molecule has 0 fully saturated rings. The van der Waals surface area contributed by atoms with Crippen LogP contribution in [0.5, 0.6) is 5.75 Å². The van der Waals surface area contributed by atoms with Crippen LogP contribution in [0.2, 0.25) is 0 Å². The van der Waals surface area contributed by atoms with Gasteiger partial charge in [0.15, 0.2) is 0 Å². The Kier molecular flexibility index (Phi) is 4.99. The number of nitrogen functional groups attached to an aromatic ring is 1. The van der Waals surface area contributed by atoms with E-state index in [1.165, 1.54) is 11.6 Å². The molecule has 21 heavy (non-hydrogen) atoms. The number of hydrogen-bond donors (Lipinski definition) is 2. The van der Waals surface area contributed by atoms with Gasteiger partial charge in [0.1, 0.15) is 5.75 Å². The van der Waals surface area contributed by atoms with E-state index in [0.29, 0.717) is 18.0 Å². The van der Waals surface area contributed by atoms with Crippen LogP contribution >= 0.6 is 0 Å². The predicted molar refractivity (Wildman–Crippen MR) is 83.2 cm³/mol.